The maximum atomic E-state index is 12.7. The second kappa shape index (κ2) is 10.6. The molecule has 1 fully saturated rings. The Kier molecular flexibility index (Phi) is 7.60. The third-order valence-corrected chi connectivity index (χ3v) is 6.72. The van der Waals surface area contributed by atoms with Gasteiger partial charge >= 0.3 is 6.18 Å². The maximum Gasteiger partial charge on any atom is 0.417 e. The molecule has 0 spiro atoms. The first-order chi connectivity index (χ1) is 16.3. The van der Waals surface area contributed by atoms with Crippen LogP contribution in [0.15, 0.2) is 36.5 Å². The molecule has 0 aliphatic carbocycles. The SMILES string of the molecule is COc1ccc2c(c1)CCN(CCCNC(=O)C1CCN(c3ccc(C(F)(F)F)cn3)CC1)C2. The van der Waals surface area contributed by atoms with Gasteiger partial charge in [-0.15, -0.1) is 0 Å². The van der Waals surface area contributed by atoms with Crippen LogP contribution in [0, 0.1) is 5.92 Å². The smallest absolute Gasteiger partial charge is 0.417 e. The molecule has 3 heterocycles. The number of pyridine rings is 1. The van der Waals surface area contributed by atoms with Crippen molar-refractivity contribution in [2.75, 3.05) is 44.7 Å². The maximum absolute atomic E-state index is 12.7. The fourth-order valence-electron chi connectivity index (χ4n) is 4.68. The van der Waals surface area contributed by atoms with E-state index in [4.69, 9.17) is 4.74 Å². The van der Waals surface area contributed by atoms with E-state index in [9.17, 15) is 18.0 Å². The molecule has 0 radical (unpaired) electrons. The third-order valence-electron chi connectivity index (χ3n) is 6.72. The van der Waals surface area contributed by atoms with Crippen LogP contribution >= 0.6 is 0 Å². The number of benzene rings is 1. The number of hydrogen-bond acceptors (Lipinski definition) is 5. The van der Waals surface area contributed by atoms with Crippen molar-refractivity contribution in [3.63, 3.8) is 0 Å². The minimum atomic E-state index is -4.39. The number of nitrogens with one attached hydrogen (secondary N) is 1. The number of hydrogen-bond donors (Lipinski definition) is 1. The lowest BCUT2D eigenvalue weighted by Crippen LogP contribution is -2.41. The Labute approximate surface area is 198 Å². The summed E-state index contributed by atoms with van der Waals surface area (Å²) in [5, 5.41) is 3.06. The van der Waals surface area contributed by atoms with Crippen LogP contribution < -0.4 is 15.0 Å². The Morgan fingerprint density at radius 2 is 1.94 bits per heavy atom. The van der Waals surface area contributed by atoms with Gasteiger partial charge in [0.15, 0.2) is 0 Å². The summed E-state index contributed by atoms with van der Waals surface area (Å²) in [7, 11) is 1.69. The van der Waals surface area contributed by atoms with Crippen molar-refractivity contribution in [1.82, 2.24) is 15.2 Å². The van der Waals surface area contributed by atoms with Crippen molar-refractivity contribution in [3.8, 4) is 5.75 Å². The fourth-order valence-corrected chi connectivity index (χ4v) is 4.68. The van der Waals surface area contributed by atoms with Gasteiger partial charge in [0, 0.05) is 51.4 Å². The highest BCUT2D eigenvalue weighted by molar-refractivity contribution is 5.78. The van der Waals surface area contributed by atoms with E-state index in [1.807, 2.05) is 11.0 Å². The standard InChI is InChI=1S/C25H31F3N4O2/c1-34-22-5-3-20-17-31(12-7-19(20)15-22)11-2-10-29-24(33)18-8-13-32(14-9-18)23-6-4-21(16-30-23)25(26,27)28/h3-6,15-16,18H,2,7-14,17H2,1H3,(H,29,33). The van der Waals surface area contributed by atoms with Gasteiger partial charge in [-0.1, -0.05) is 6.07 Å². The zero-order chi connectivity index (χ0) is 24.1. The number of amides is 1. The normalized spacial score (nSPS) is 17.4. The number of carbonyl (C=O) groups excluding carboxylic acids is 1. The average molecular weight is 477 g/mol. The summed E-state index contributed by atoms with van der Waals surface area (Å²) < 4.78 is 43.5. The van der Waals surface area contributed by atoms with Gasteiger partial charge in [0.05, 0.1) is 12.7 Å². The predicted molar refractivity (Wildman–Crippen MR) is 124 cm³/mol. The minimum absolute atomic E-state index is 0.0658. The van der Waals surface area contributed by atoms with Crippen molar-refractivity contribution in [2.45, 2.75) is 38.4 Å². The first-order valence-electron chi connectivity index (χ1n) is 11.8. The van der Waals surface area contributed by atoms with Gasteiger partial charge in [0.2, 0.25) is 5.91 Å². The monoisotopic (exact) mass is 476 g/mol. The summed E-state index contributed by atoms with van der Waals surface area (Å²) in [5.74, 6) is 1.42. The van der Waals surface area contributed by atoms with Gasteiger partial charge in [-0.2, -0.15) is 13.2 Å². The highest BCUT2D eigenvalue weighted by Gasteiger charge is 2.31. The molecule has 1 saturated heterocycles. The van der Waals surface area contributed by atoms with Crippen LogP contribution in [-0.4, -0.2) is 55.6 Å². The summed E-state index contributed by atoms with van der Waals surface area (Å²) in [6, 6.07) is 8.71. The lowest BCUT2D eigenvalue weighted by Gasteiger charge is -2.32. The summed E-state index contributed by atoms with van der Waals surface area (Å²) in [6.07, 6.45) is -0.284. The summed E-state index contributed by atoms with van der Waals surface area (Å²) in [4.78, 5) is 20.9. The van der Waals surface area contributed by atoms with Crippen LogP contribution in [0.5, 0.6) is 5.75 Å². The van der Waals surface area contributed by atoms with E-state index in [0.29, 0.717) is 38.3 Å². The molecule has 1 amide bonds. The Balaban J connectivity index is 1.15. The molecule has 2 aromatic rings. The van der Waals surface area contributed by atoms with E-state index in [0.717, 1.165) is 50.5 Å². The van der Waals surface area contributed by atoms with Crippen LogP contribution in [0.4, 0.5) is 19.0 Å². The molecule has 1 aromatic heterocycles. The molecular weight excluding hydrogens is 445 g/mol. The number of piperidine rings is 1. The number of rotatable bonds is 7. The van der Waals surface area contributed by atoms with E-state index in [1.54, 1.807) is 7.11 Å². The highest BCUT2D eigenvalue weighted by atomic mass is 19.4. The first kappa shape index (κ1) is 24.3. The van der Waals surface area contributed by atoms with Crippen LogP contribution in [0.1, 0.15) is 36.0 Å². The lowest BCUT2D eigenvalue weighted by atomic mass is 9.96. The van der Waals surface area contributed by atoms with E-state index >= 15 is 0 Å². The van der Waals surface area contributed by atoms with E-state index in [1.165, 1.54) is 17.2 Å². The van der Waals surface area contributed by atoms with Crippen LogP contribution in [0.2, 0.25) is 0 Å². The second-order valence-electron chi connectivity index (χ2n) is 8.97. The zero-order valence-electron chi connectivity index (χ0n) is 19.4. The van der Waals surface area contributed by atoms with E-state index < -0.39 is 11.7 Å². The second-order valence-corrected chi connectivity index (χ2v) is 8.97. The van der Waals surface area contributed by atoms with Crippen LogP contribution in [-0.2, 0) is 23.9 Å². The Bertz CT molecular complexity index is 973. The van der Waals surface area contributed by atoms with Crippen molar-refractivity contribution in [3.05, 3.63) is 53.2 Å². The molecular formula is C25H31F3N4O2. The van der Waals surface area contributed by atoms with Crippen molar-refractivity contribution < 1.29 is 22.7 Å². The molecule has 2 aliphatic rings. The van der Waals surface area contributed by atoms with Gasteiger partial charge in [-0.3, -0.25) is 9.69 Å². The minimum Gasteiger partial charge on any atom is -0.497 e. The summed E-state index contributed by atoms with van der Waals surface area (Å²) in [5.41, 5.74) is 1.94. The number of carbonyl (C=O) groups is 1. The molecule has 6 nitrogen and oxygen atoms in total. The number of methoxy groups -OCH3 is 1. The molecule has 1 aromatic carbocycles. The van der Waals surface area contributed by atoms with Crippen LogP contribution in [0.25, 0.3) is 0 Å². The molecule has 0 bridgehead atoms. The zero-order valence-corrected chi connectivity index (χ0v) is 19.4. The molecule has 1 N–H and O–H groups in total. The molecule has 0 saturated carbocycles. The molecule has 0 unspecified atom stereocenters. The van der Waals surface area contributed by atoms with Gasteiger partial charge in [-0.25, -0.2) is 4.98 Å². The number of fused-ring (bicyclic) bond motifs is 1. The molecule has 9 heteroatoms. The predicted octanol–water partition coefficient (Wildman–Crippen LogP) is 3.89. The highest BCUT2D eigenvalue weighted by Crippen LogP contribution is 2.30. The van der Waals surface area contributed by atoms with E-state index in [2.05, 4.69) is 27.3 Å². The fraction of sp³-hybridized carbons (Fsp3) is 0.520. The molecule has 0 atom stereocenters. The average Bonchev–Trinajstić information content (AvgIpc) is 2.85. The summed E-state index contributed by atoms with van der Waals surface area (Å²) >= 11 is 0. The van der Waals surface area contributed by atoms with Crippen LogP contribution in [0.3, 0.4) is 0 Å². The number of halogens is 3. The van der Waals surface area contributed by atoms with Gasteiger partial charge in [-0.05, 0) is 61.1 Å². The van der Waals surface area contributed by atoms with Crippen molar-refractivity contribution >= 4 is 11.7 Å². The van der Waals surface area contributed by atoms with Gasteiger partial charge in [0.25, 0.3) is 0 Å². The number of aromatic nitrogens is 1. The third kappa shape index (κ3) is 6.00. The Morgan fingerprint density at radius 1 is 1.15 bits per heavy atom. The number of ether oxygens (including phenoxy) is 1. The van der Waals surface area contributed by atoms with Gasteiger partial charge in [0.1, 0.15) is 11.6 Å². The number of nitrogens with zero attached hydrogens (tertiary/aromatic N) is 3. The van der Waals surface area contributed by atoms with Gasteiger partial charge < -0.3 is 15.0 Å². The molecule has 34 heavy (non-hydrogen) atoms. The topological polar surface area (TPSA) is 57.7 Å². The molecule has 184 valence electrons. The molecule has 2 aliphatic heterocycles. The summed E-state index contributed by atoms with van der Waals surface area (Å²) in [6.45, 7) is 4.71. The van der Waals surface area contributed by atoms with Crippen molar-refractivity contribution in [2.24, 2.45) is 5.92 Å². The molecule has 4 rings (SSSR count). The lowest BCUT2D eigenvalue weighted by molar-refractivity contribution is -0.137. The largest absolute Gasteiger partial charge is 0.497 e. The number of alkyl halides is 3. The van der Waals surface area contributed by atoms with Crippen molar-refractivity contribution in [1.29, 1.82) is 0 Å². The Hall–Kier alpha value is -2.81. The first-order valence-corrected chi connectivity index (χ1v) is 11.8. The Morgan fingerprint density at radius 3 is 2.62 bits per heavy atom. The number of anilines is 1. The quantitative estimate of drug-likeness (QED) is 0.615. The van der Waals surface area contributed by atoms with E-state index in [-0.39, 0.29) is 11.8 Å².